The van der Waals surface area contributed by atoms with Crippen LogP contribution in [0.3, 0.4) is 0 Å². The lowest BCUT2D eigenvalue weighted by Gasteiger charge is -2.46. The highest BCUT2D eigenvalue weighted by molar-refractivity contribution is 6.93. The summed E-state index contributed by atoms with van der Waals surface area (Å²) >= 11 is 0. The minimum Gasteiger partial charge on any atom is -0.456 e. The van der Waals surface area contributed by atoms with Crippen LogP contribution in [0, 0.1) is 13.8 Å². The predicted molar refractivity (Wildman–Crippen MR) is 291 cm³/mol. The number of para-hydroxylation sites is 1. The van der Waals surface area contributed by atoms with Crippen LogP contribution in [-0.4, -0.2) is 6.85 Å². The van der Waals surface area contributed by atoms with Crippen molar-refractivity contribution < 1.29 is 4.42 Å². The van der Waals surface area contributed by atoms with Gasteiger partial charge in [-0.3, -0.25) is 0 Å². The van der Waals surface area contributed by atoms with Crippen LogP contribution in [0.4, 0.5) is 28.4 Å². The molecule has 0 atom stereocenters. The summed E-state index contributed by atoms with van der Waals surface area (Å²) in [5.74, 6) is 0. The van der Waals surface area contributed by atoms with Crippen LogP contribution in [0.15, 0.2) is 192 Å². The molecule has 68 heavy (non-hydrogen) atoms. The van der Waals surface area contributed by atoms with E-state index in [1.165, 1.54) is 89.1 Å². The van der Waals surface area contributed by atoms with Crippen LogP contribution in [0.1, 0.15) is 63.8 Å². The van der Waals surface area contributed by atoms with Crippen LogP contribution < -0.4 is 20.6 Å². The van der Waals surface area contributed by atoms with E-state index < -0.39 is 0 Å². The summed E-state index contributed by atoms with van der Waals surface area (Å²) in [5, 5.41) is 2.24. The van der Waals surface area contributed by atoms with Crippen molar-refractivity contribution in [3.8, 4) is 44.5 Å². The van der Waals surface area contributed by atoms with Gasteiger partial charge in [0, 0.05) is 50.7 Å². The van der Waals surface area contributed by atoms with E-state index in [2.05, 4.69) is 253 Å². The molecule has 1 aromatic heterocycles. The lowest BCUT2D eigenvalue weighted by molar-refractivity contribution is 0.590. The molecule has 0 bridgehead atoms. The average Bonchev–Trinajstić information content (AvgIpc) is 3.70. The molecule has 0 spiro atoms. The van der Waals surface area contributed by atoms with Crippen molar-refractivity contribution in [1.29, 1.82) is 0 Å². The fraction of sp³-hybridized carbons (Fsp3) is 0.156. The van der Waals surface area contributed by atoms with E-state index in [9.17, 15) is 0 Å². The Morgan fingerprint density at radius 2 is 1.04 bits per heavy atom. The molecule has 0 aliphatic carbocycles. The Morgan fingerprint density at radius 3 is 1.75 bits per heavy atom. The fourth-order valence-corrected chi connectivity index (χ4v) is 11.1. The number of fused-ring (bicyclic) bond motifs is 7. The number of aryl methyl sites for hydroxylation is 2. The number of furan rings is 1. The topological polar surface area (TPSA) is 19.6 Å². The molecule has 3 heterocycles. The van der Waals surface area contributed by atoms with E-state index in [-0.39, 0.29) is 17.7 Å². The van der Waals surface area contributed by atoms with Gasteiger partial charge in [-0.15, -0.1) is 0 Å². The predicted octanol–water partition coefficient (Wildman–Crippen LogP) is 16.5. The van der Waals surface area contributed by atoms with Crippen molar-refractivity contribution >= 4 is 68.1 Å². The van der Waals surface area contributed by atoms with Crippen molar-refractivity contribution in [1.82, 2.24) is 0 Å². The van der Waals surface area contributed by atoms with Gasteiger partial charge in [0.2, 0.25) is 0 Å². The summed E-state index contributed by atoms with van der Waals surface area (Å²) in [6, 6.07) is 70.4. The SMILES string of the molecule is Cc1cccc(C)c1-c1cc2c3c(c1)N(c1ccc(C(C)(C)C)cc1-c1ccccc1)c1cc4oc5ccccc5c4cc1B3N(c1ccc(C(C)(C)C)cc1)c1ccc(-c3ccccc3)cc1-2. The van der Waals surface area contributed by atoms with Crippen molar-refractivity contribution in [3.63, 3.8) is 0 Å². The molecule has 2 aliphatic rings. The number of nitrogens with zero attached hydrogens (tertiary/aromatic N) is 2. The van der Waals surface area contributed by atoms with Crippen molar-refractivity contribution in [2.75, 3.05) is 9.71 Å². The quantitative estimate of drug-likeness (QED) is 0.161. The molecule has 12 rings (SSSR count). The van der Waals surface area contributed by atoms with Crippen LogP contribution in [-0.2, 0) is 10.8 Å². The zero-order valence-electron chi connectivity index (χ0n) is 40.3. The largest absolute Gasteiger partial charge is 0.456 e. The third-order valence-corrected chi connectivity index (χ3v) is 14.6. The van der Waals surface area contributed by atoms with Gasteiger partial charge in [0.15, 0.2) is 0 Å². The monoisotopic (exact) mass is 878 g/mol. The first kappa shape index (κ1) is 41.8. The summed E-state index contributed by atoms with van der Waals surface area (Å²) in [6.45, 7) is 18.1. The normalized spacial score (nSPS) is 13.2. The second kappa shape index (κ2) is 15.5. The molecule has 9 aromatic carbocycles. The summed E-state index contributed by atoms with van der Waals surface area (Å²) < 4.78 is 6.83. The van der Waals surface area contributed by atoms with Gasteiger partial charge in [-0.2, -0.15) is 0 Å². The summed E-state index contributed by atoms with van der Waals surface area (Å²) in [6.07, 6.45) is 0. The second-order valence-corrected chi connectivity index (χ2v) is 21.1. The van der Waals surface area contributed by atoms with Gasteiger partial charge < -0.3 is 14.1 Å². The van der Waals surface area contributed by atoms with Crippen molar-refractivity contribution in [2.45, 2.75) is 66.2 Å². The first-order chi connectivity index (χ1) is 32.8. The third-order valence-electron chi connectivity index (χ3n) is 14.6. The van der Waals surface area contributed by atoms with Crippen LogP contribution >= 0.6 is 0 Å². The van der Waals surface area contributed by atoms with Gasteiger partial charge in [-0.05, 0) is 146 Å². The maximum atomic E-state index is 6.83. The molecule has 2 aliphatic heterocycles. The Labute approximate surface area is 401 Å². The molecular formula is C64H55BN2O. The number of hydrogen-bond donors (Lipinski definition) is 0. The minimum absolute atomic E-state index is 0.0116. The van der Waals surface area contributed by atoms with Crippen LogP contribution in [0.2, 0.25) is 0 Å². The molecule has 0 radical (unpaired) electrons. The highest BCUT2D eigenvalue weighted by Crippen LogP contribution is 2.52. The third kappa shape index (κ3) is 6.72. The van der Waals surface area contributed by atoms with Gasteiger partial charge in [-0.25, -0.2) is 0 Å². The van der Waals surface area contributed by atoms with Gasteiger partial charge in [-0.1, -0.05) is 169 Å². The molecular weight excluding hydrogens is 824 g/mol. The van der Waals surface area contributed by atoms with E-state index in [0.717, 1.165) is 39.0 Å². The maximum Gasteiger partial charge on any atom is 0.333 e. The van der Waals surface area contributed by atoms with E-state index in [0.29, 0.717) is 0 Å². The highest BCUT2D eigenvalue weighted by Gasteiger charge is 2.46. The van der Waals surface area contributed by atoms with Gasteiger partial charge >= 0.3 is 6.85 Å². The maximum absolute atomic E-state index is 6.83. The Bertz CT molecular complexity index is 3590. The minimum atomic E-state index is -0.180. The first-order valence-corrected chi connectivity index (χ1v) is 24.1. The molecule has 4 heteroatoms. The zero-order chi connectivity index (χ0) is 46.6. The van der Waals surface area contributed by atoms with E-state index in [4.69, 9.17) is 4.42 Å². The Balaban J connectivity index is 1.25. The number of anilines is 5. The van der Waals surface area contributed by atoms with Gasteiger partial charge in [0.25, 0.3) is 0 Å². The van der Waals surface area contributed by atoms with Crippen molar-refractivity contribution in [3.05, 3.63) is 210 Å². The summed E-state index contributed by atoms with van der Waals surface area (Å²) in [5.41, 5.74) is 24.8. The molecule has 330 valence electrons. The lowest BCUT2D eigenvalue weighted by Crippen LogP contribution is -2.61. The summed E-state index contributed by atoms with van der Waals surface area (Å²) in [4.78, 5) is 5.21. The fourth-order valence-electron chi connectivity index (χ4n) is 11.1. The first-order valence-electron chi connectivity index (χ1n) is 24.1. The molecule has 0 amide bonds. The van der Waals surface area contributed by atoms with E-state index >= 15 is 0 Å². The molecule has 3 nitrogen and oxygen atoms in total. The summed E-state index contributed by atoms with van der Waals surface area (Å²) in [7, 11) is 0. The molecule has 0 fully saturated rings. The van der Waals surface area contributed by atoms with E-state index in [1.807, 2.05) is 0 Å². The second-order valence-electron chi connectivity index (χ2n) is 21.1. The Kier molecular flexibility index (Phi) is 9.54. The molecule has 10 aromatic rings. The van der Waals surface area contributed by atoms with Gasteiger partial charge in [0.1, 0.15) is 11.2 Å². The average molecular weight is 879 g/mol. The van der Waals surface area contributed by atoms with Crippen LogP contribution in [0.5, 0.6) is 0 Å². The van der Waals surface area contributed by atoms with Crippen molar-refractivity contribution in [2.24, 2.45) is 0 Å². The van der Waals surface area contributed by atoms with E-state index in [1.54, 1.807) is 0 Å². The zero-order valence-corrected chi connectivity index (χ0v) is 40.3. The molecule has 0 saturated carbocycles. The molecule has 0 saturated heterocycles. The standard InChI is InChI=1S/C64H55BN2O/c1-40-18-17-19-41(2)61(40)45-35-53-51-34-44(42-20-11-9-12-21-42)26-32-56(51)67(48-30-27-46(28-31-48)63(3,4)5)65-54-38-52-49-24-15-16-25-59(49)68-60(52)39-57(54)66(58(36-45)62(53)65)55-33-29-47(64(6,7)8)37-50(55)43-22-13-10-14-23-43/h9-39H,1-8H3. The molecule has 0 N–H and O–H groups in total. The lowest BCUT2D eigenvalue weighted by atomic mass is 9.43. The Morgan fingerprint density at radius 1 is 0.412 bits per heavy atom. The number of hydrogen-bond acceptors (Lipinski definition) is 3. The number of benzene rings is 9. The van der Waals surface area contributed by atoms with Gasteiger partial charge in [0.05, 0.1) is 5.69 Å². The highest BCUT2D eigenvalue weighted by atomic mass is 16.3. The molecule has 0 unspecified atom stereocenters. The van der Waals surface area contributed by atoms with Crippen LogP contribution in [0.25, 0.3) is 66.4 Å². The number of rotatable bonds is 5. The Hall–Kier alpha value is -7.56. The smallest absolute Gasteiger partial charge is 0.333 e.